The highest BCUT2D eigenvalue weighted by atomic mass is 32.1. The molecule has 3 rings (SSSR count). The highest BCUT2D eigenvalue weighted by molar-refractivity contribution is 7.15. The van der Waals surface area contributed by atoms with E-state index < -0.39 is 0 Å². The number of hydrogen-bond acceptors (Lipinski definition) is 5. The molecule has 2 saturated heterocycles. The summed E-state index contributed by atoms with van der Waals surface area (Å²) in [4.78, 5) is 11.4. The van der Waals surface area contributed by atoms with Gasteiger partial charge in [-0.05, 0) is 39.8 Å². The minimum atomic E-state index is 0.763. The lowest BCUT2D eigenvalue weighted by molar-refractivity contribution is 0.273. The minimum absolute atomic E-state index is 0.763. The van der Waals surface area contributed by atoms with Crippen LogP contribution in [0.5, 0.6) is 0 Å². The summed E-state index contributed by atoms with van der Waals surface area (Å²) in [6.07, 6.45) is 4.02. The molecular weight excluding hydrogens is 256 g/mol. The molecule has 0 bridgehead atoms. The molecule has 1 aromatic rings. The van der Waals surface area contributed by atoms with Crippen LogP contribution in [-0.4, -0.2) is 49.2 Å². The first kappa shape index (κ1) is 13.3. The fourth-order valence-corrected chi connectivity index (χ4v) is 4.36. The minimum Gasteiger partial charge on any atom is -0.346 e. The van der Waals surface area contributed by atoms with E-state index in [-0.39, 0.29) is 0 Å². The number of rotatable bonds is 3. The van der Waals surface area contributed by atoms with E-state index in [0.29, 0.717) is 0 Å². The SMILES string of the molecule is CNCc1sc(N2CCCN3CCCC3C2)nc1C. The largest absolute Gasteiger partial charge is 0.346 e. The Balaban J connectivity index is 1.75. The average molecular weight is 280 g/mol. The Kier molecular flexibility index (Phi) is 4.05. The normalized spacial score (nSPS) is 24.5. The first-order chi connectivity index (χ1) is 9.28. The number of nitrogens with zero attached hydrogens (tertiary/aromatic N) is 3. The molecule has 19 heavy (non-hydrogen) atoms. The topological polar surface area (TPSA) is 31.4 Å². The van der Waals surface area contributed by atoms with Crippen LogP contribution in [0.1, 0.15) is 29.8 Å². The second-order valence-corrected chi connectivity index (χ2v) is 6.73. The zero-order chi connectivity index (χ0) is 13.2. The number of thiazole rings is 1. The maximum Gasteiger partial charge on any atom is 0.185 e. The monoisotopic (exact) mass is 280 g/mol. The fraction of sp³-hybridized carbons (Fsp3) is 0.786. The van der Waals surface area contributed by atoms with Crippen LogP contribution < -0.4 is 10.2 Å². The van der Waals surface area contributed by atoms with Crippen molar-refractivity contribution < 1.29 is 0 Å². The van der Waals surface area contributed by atoms with E-state index in [2.05, 4.69) is 22.0 Å². The molecule has 0 aliphatic carbocycles. The van der Waals surface area contributed by atoms with Crippen molar-refractivity contribution in [3.63, 3.8) is 0 Å². The van der Waals surface area contributed by atoms with Gasteiger partial charge < -0.3 is 10.2 Å². The molecule has 2 fully saturated rings. The number of aryl methyl sites for hydroxylation is 1. The number of fused-ring (bicyclic) bond motifs is 1. The molecule has 3 heterocycles. The molecule has 106 valence electrons. The zero-order valence-electron chi connectivity index (χ0n) is 12.0. The van der Waals surface area contributed by atoms with Crippen molar-refractivity contribution in [3.8, 4) is 0 Å². The van der Waals surface area contributed by atoms with Gasteiger partial charge in [-0.3, -0.25) is 4.90 Å². The van der Waals surface area contributed by atoms with Crippen molar-refractivity contribution in [2.45, 2.75) is 38.8 Å². The second kappa shape index (κ2) is 5.77. The van der Waals surface area contributed by atoms with Crippen LogP contribution >= 0.6 is 11.3 Å². The van der Waals surface area contributed by atoms with Gasteiger partial charge in [-0.1, -0.05) is 0 Å². The average Bonchev–Trinajstić information content (AvgIpc) is 2.92. The number of anilines is 1. The third-order valence-electron chi connectivity index (χ3n) is 4.29. The molecule has 5 heteroatoms. The zero-order valence-corrected chi connectivity index (χ0v) is 12.8. The van der Waals surface area contributed by atoms with E-state index in [1.165, 1.54) is 61.1 Å². The molecule has 0 aromatic carbocycles. The lowest BCUT2D eigenvalue weighted by Crippen LogP contribution is -2.36. The van der Waals surface area contributed by atoms with Gasteiger partial charge in [0.15, 0.2) is 5.13 Å². The molecule has 1 unspecified atom stereocenters. The Bertz CT molecular complexity index is 431. The van der Waals surface area contributed by atoms with E-state index in [1.54, 1.807) is 0 Å². The van der Waals surface area contributed by atoms with Crippen molar-refractivity contribution >= 4 is 16.5 Å². The molecular formula is C14H24N4S. The van der Waals surface area contributed by atoms with E-state index in [9.17, 15) is 0 Å². The van der Waals surface area contributed by atoms with Gasteiger partial charge in [0.1, 0.15) is 0 Å². The third-order valence-corrected chi connectivity index (χ3v) is 5.51. The van der Waals surface area contributed by atoms with Crippen LogP contribution in [0.4, 0.5) is 5.13 Å². The van der Waals surface area contributed by atoms with Crippen molar-refractivity contribution in [3.05, 3.63) is 10.6 Å². The summed E-state index contributed by atoms with van der Waals surface area (Å²) in [5, 5.41) is 4.47. The Morgan fingerprint density at radius 3 is 3.00 bits per heavy atom. The van der Waals surface area contributed by atoms with Gasteiger partial charge in [0, 0.05) is 37.1 Å². The maximum atomic E-state index is 4.79. The van der Waals surface area contributed by atoms with Crippen LogP contribution in [0.15, 0.2) is 0 Å². The summed E-state index contributed by atoms with van der Waals surface area (Å²) in [7, 11) is 2.00. The second-order valence-electron chi connectivity index (χ2n) is 5.67. The van der Waals surface area contributed by atoms with Crippen LogP contribution in [0, 0.1) is 6.92 Å². The number of aromatic nitrogens is 1. The van der Waals surface area contributed by atoms with Crippen molar-refractivity contribution in [1.82, 2.24) is 15.2 Å². The predicted molar refractivity (Wildman–Crippen MR) is 81.0 cm³/mol. The summed E-state index contributed by atoms with van der Waals surface area (Å²) in [5.74, 6) is 0. The Morgan fingerprint density at radius 1 is 1.32 bits per heavy atom. The van der Waals surface area contributed by atoms with Crippen LogP contribution in [0.25, 0.3) is 0 Å². The lowest BCUT2D eigenvalue weighted by Gasteiger charge is -2.25. The van der Waals surface area contributed by atoms with Crippen LogP contribution in [-0.2, 0) is 6.54 Å². The summed E-state index contributed by atoms with van der Waals surface area (Å²) < 4.78 is 0. The highest BCUT2D eigenvalue weighted by Crippen LogP contribution is 2.29. The number of nitrogens with one attached hydrogen (secondary N) is 1. The molecule has 0 radical (unpaired) electrons. The Hall–Kier alpha value is -0.650. The summed E-state index contributed by atoms with van der Waals surface area (Å²) in [6, 6.07) is 0.763. The summed E-state index contributed by atoms with van der Waals surface area (Å²) >= 11 is 1.87. The van der Waals surface area contributed by atoms with Gasteiger partial charge >= 0.3 is 0 Å². The summed E-state index contributed by atoms with van der Waals surface area (Å²) in [6.45, 7) is 7.99. The quantitative estimate of drug-likeness (QED) is 0.915. The van der Waals surface area contributed by atoms with Gasteiger partial charge in [0.05, 0.1) is 5.69 Å². The van der Waals surface area contributed by atoms with Crippen molar-refractivity contribution in [1.29, 1.82) is 0 Å². The van der Waals surface area contributed by atoms with Gasteiger partial charge in [0.25, 0.3) is 0 Å². The molecule has 2 aliphatic rings. The highest BCUT2D eigenvalue weighted by Gasteiger charge is 2.29. The molecule has 1 N–H and O–H groups in total. The first-order valence-electron chi connectivity index (χ1n) is 7.38. The number of hydrogen-bond donors (Lipinski definition) is 1. The van der Waals surface area contributed by atoms with Crippen LogP contribution in [0.3, 0.4) is 0 Å². The Labute approximate surface area is 119 Å². The smallest absolute Gasteiger partial charge is 0.185 e. The third kappa shape index (κ3) is 2.78. The molecule has 0 saturated carbocycles. The molecule has 2 aliphatic heterocycles. The van der Waals surface area contributed by atoms with Gasteiger partial charge in [-0.15, -0.1) is 11.3 Å². The van der Waals surface area contributed by atoms with E-state index in [4.69, 9.17) is 4.98 Å². The van der Waals surface area contributed by atoms with Crippen molar-refractivity contribution in [2.24, 2.45) is 0 Å². The van der Waals surface area contributed by atoms with Gasteiger partial charge in [-0.2, -0.15) is 0 Å². The van der Waals surface area contributed by atoms with Crippen LogP contribution in [0.2, 0.25) is 0 Å². The standard InChI is InChI=1S/C14H24N4S/c1-11-13(9-15-2)19-14(16-11)18-8-4-7-17-6-3-5-12(17)10-18/h12,15H,3-10H2,1-2H3. The van der Waals surface area contributed by atoms with E-state index >= 15 is 0 Å². The Morgan fingerprint density at radius 2 is 2.16 bits per heavy atom. The lowest BCUT2D eigenvalue weighted by atomic mass is 10.2. The van der Waals surface area contributed by atoms with E-state index in [1.807, 2.05) is 18.4 Å². The van der Waals surface area contributed by atoms with Gasteiger partial charge in [-0.25, -0.2) is 4.98 Å². The van der Waals surface area contributed by atoms with Crippen molar-refractivity contribution in [2.75, 3.05) is 38.1 Å². The molecule has 0 spiro atoms. The summed E-state index contributed by atoms with van der Waals surface area (Å²) in [5.41, 5.74) is 1.20. The molecule has 1 atom stereocenters. The van der Waals surface area contributed by atoms with Gasteiger partial charge in [0.2, 0.25) is 0 Å². The maximum absolute atomic E-state index is 4.79. The predicted octanol–water partition coefficient (Wildman–Crippen LogP) is 1.85. The molecule has 1 aromatic heterocycles. The fourth-order valence-electron chi connectivity index (χ4n) is 3.25. The van der Waals surface area contributed by atoms with E-state index in [0.717, 1.165) is 12.6 Å². The molecule has 0 amide bonds. The molecule has 4 nitrogen and oxygen atoms in total. The first-order valence-corrected chi connectivity index (χ1v) is 8.19.